The van der Waals surface area contributed by atoms with E-state index in [2.05, 4.69) is 17.6 Å². The van der Waals surface area contributed by atoms with Crippen LogP contribution in [0.3, 0.4) is 0 Å². The number of carbonyl (C=O) groups is 1. The molecule has 2 N–H and O–H groups in total. The summed E-state index contributed by atoms with van der Waals surface area (Å²) in [4.78, 5) is 11.6. The first-order valence-corrected chi connectivity index (χ1v) is 4.97. The van der Waals surface area contributed by atoms with Crippen molar-refractivity contribution in [2.24, 2.45) is 0 Å². The summed E-state index contributed by atoms with van der Waals surface area (Å²) in [6.45, 7) is 2.08. The Kier molecular flexibility index (Phi) is 2.39. The second kappa shape index (κ2) is 3.70. The van der Waals surface area contributed by atoms with Gasteiger partial charge in [0.1, 0.15) is 6.04 Å². The Hall–Kier alpha value is -1.51. The lowest BCUT2D eigenvalue weighted by Gasteiger charge is -2.26. The van der Waals surface area contributed by atoms with Gasteiger partial charge in [0.15, 0.2) is 0 Å². The minimum absolute atomic E-state index is 0.0742. The Morgan fingerprint density at radius 1 is 1.29 bits per heavy atom. The molecule has 1 heterocycles. The molecule has 0 bridgehead atoms. The van der Waals surface area contributed by atoms with E-state index in [1.807, 2.05) is 24.3 Å². The maximum atomic E-state index is 11.6. The molecule has 2 rings (SSSR count). The molecule has 0 saturated heterocycles. The van der Waals surface area contributed by atoms with Gasteiger partial charge >= 0.3 is 0 Å². The van der Waals surface area contributed by atoms with Crippen LogP contribution in [-0.4, -0.2) is 11.9 Å². The van der Waals surface area contributed by atoms with E-state index in [0.29, 0.717) is 0 Å². The minimum atomic E-state index is -0.0742. The fourth-order valence-electron chi connectivity index (χ4n) is 1.68. The maximum Gasteiger partial charge on any atom is 0.246 e. The lowest BCUT2D eigenvalue weighted by Crippen LogP contribution is -2.38. The number of para-hydroxylation sites is 2. The topological polar surface area (TPSA) is 41.1 Å². The van der Waals surface area contributed by atoms with E-state index in [1.54, 1.807) is 0 Å². The fraction of sp³-hybridized carbons (Fsp3) is 0.364. The van der Waals surface area contributed by atoms with Crippen molar-refractivity contribution in [3.63, 3.8) is 0 Å². The molecule has 74 valence electrons. The van der Waals surface area contributed by atoms with Crippen molar-refractivity contribution in [1.82, 2.24) is 0 Å². The Morgan fingerprint density at radius 2 is 2.00 bits per heavy atom. The lowest BCUT2D eigenvalue weighted by atomic mass is 10.1. The van der Waals surface area contributed by atoms with Gasteiger partial charge < -0.3 is 10.6 Å². The first-order valence-electron chi connectivity index (χ1n) is 4.97. The highest BCUT2D eigenvalue weighted by Crippen LogP contribution is 2.26. The van der Waals surface area contributed by atoms with Crippen LogP contribution in [0.5, 0.6) is 0 Å². The van der Waals surface area contributed by atoms with E-state index in [4.69, 9.17) is 0 Å². The average molecular weight is 190 g/mol. The van der Waals surface area contributed by atoms with Gasteiger partial charge in [0.2, 0.25) is 5.91 Å². The molecule has 0 fully saturated rings. The quantitative estimate of drug-likeness (QED) is 0.750. The SMILES string of the molecule is CCCC1Nc2ccccc2NC1=O. The molecule has 1 atom stereocenters. The number of carbonyl (C=O) groups excluding carboxylic acids is 1. The van der Waals surface area contributed by atoms with Crippen LogP contribution in [0.2, 0.25) is 0 Å². The number of hydrogen-bond donors (Lipinski definition) is 2. The van der Waals surface area contributed by atoms with E-state index in [-0.39, 0.29) is 11.9 Å². The molecule has 1 aliphatic rings. The maximum absolute atomic E-state index is 11.6. The molecule has 0 aromatic heterocycles. The summed E-state index contributed by atoms with van der Waals surface area (Å²) < 4.78 is 0. The largest absolute Gasteiger partial charge is 0.372 e. The third-order valence-corrected chi connectivity index (χ3v) is 2.41. The molecule has 1 amide bonds. The van der Waals surface area contributed by atoms with Gasteiger partial charge in [-0.25, -0.2) is 0 Å². The third-order valence-electron chi connectivity index (χ3n) is 2.41. The fourth-order valence-corrected chi connectivity index (χ4v) is 1.68. The average Bonchev–Trinajstić information content (AvgIpc) is 2.19. The summed E-state index contributed by atoms with van der Waals surface area (Å²) in [5, 5.41) is 6.13. The molecule has 0 aliphatic carbocycles. The Balaban J connectivity index is 2.22. The van der Waals surface area contributed by atoms with Gasteiger partial charge in [0.25, 0.3) is 0 Å². The number of hydrogen-bond acceptors (Lipinski definition) is 2. The van der Waals surface area contributed by atoms with E-state index in [1.165, 1.54) is 0 Å². The van der Waals surface area contributed by atoms with Gasteiger partial charge in [-0.15, -0.1) is 0 Å². The number of benzene rings is 1. The van der Waals surface area contributed by atoms with Gasteiger partial charge in [-0.3, -0.25) is 4.79 Å². The third kappa shape index (κ3) is 1.58. The van der Waals surface area contributed by atoms with Crippen molar-refractivity contribution in [3.05, 3.63) is 24.3 Å². The second-order valence-corrected chi connectivity index (χ2v) is 3.52. The van der Waals surface area contributed by atoms with Crippen molar-refractivity contribution >= 4 is 17.3 Å². The van der Waals surface area contributed by atoms with Gasteiger partial charge in [0.05, 0.1) is 11.4 Å². The molecule has 3 heteroatoms. The van der Waals surface area contributed by atoms with Crippen molar-refractivity contribution in [3.8, 4) is 0 Å². The Bertz CT molecular complexity index is 349. The molecule has 0 spiro atoms. The van der Waals surface area contributed by atoms with E-state index >= 15 is 0 Å². The van der Waals surface area contributed by atoms with Crippen LogP contribution in [0, 0.1) is 0 Å². The number of fused-ring (bicyclic) bond motifs is 1. The van der Waals surface area contributed by atoms with Gasteiger partial charge in [-0.1, -0.05) is 25.5 Å². The monoisotopic (exact) mass is 190 g/mol. The zero-order chi connectivity index (χ0) is 9.97. The molecule has 3 nitrogen and oxygen atoms in total. The molecular weight excluding hydrogens is 176 g/mol. The zero-order valence-electron chi connectivity index (χ0n) is 8.21. The predicted octanol–water partition coefficient (Wildman–Crippen LogP) is 2.22. The van der Waals surface area contributed by atoms with E-state index in [9.17, 15) is 4.79 Å². The van der Waals surface area contributed by atoms with E-state index in [0.717, 1.165) is 24.2 Å². The lowest BCUT2D eigenvalue weighted by molar-refractivity contribution is -0.117. The molecule has 1 aliphatic heterocycles. The van der Waals surface area contributed by atoms with Crippen molar-refractivity contribution < 1.29 is 4.79 Å². The predicted molar refractivity (Wildman–Crippen MR) is 57.4 cm³/mol. The molecule has 1 aromatic rings. The van der Waals surface area contributed by atoms with Gasteiger partial charge in [-0.05, 0) is 18.6 Å². The highest BCUT2D eigenvalue weighted by Gasteiger charge is 2.23. The van der Waals surface area contributed by atoms with Crippen LogP contribution < -0.4 is 10.6 Å². The first-order chi connectivity index (χ1) is 6.81. The normalized spacial score (nSPS) is 19.5. The Morgan fingerprint density at radius 3 is 2.71 bits per heavy atom. The van der Waals surface area contributed by atoms with Crippen LogP contribution in [0.4, 0.5) is 11.4 Å². The van der Waals surface area contributed by atoms with Crippen LogP contribution in [-0.2, 0) is 4.79 Å². The number of amides is 1. The molecular formula is C11H14N2O. The summed E-state index contributed by atoms with van der Waals surface area (Å²) in [6.07, 6.45) is 1.88. The number of anilines is 2. The summed E-state index contributed by atoms with van der Waals surface area (Å²) in [7, 11) is 0. The molecule has 0 saturated carbocycles. The highest BCUT2D eigenvalue weighted by molar-refractivity contribution is 6.02. The van der Waals surface area contributed by atoms with E-state index < -0.39 is 0 Å². The van der Waals surface area contributed by atoms with Gasteiger partial charge in [0, 0.05) is 0 Å². The summed E-state index contributed by atoms with van der Waals surface area (Å²) >= 11 is 0. The molecule has 1 aromatic carbocycles. The van der Waals surface area contributed by atoms with Crippen molar-refractivity contribution in [2.75, 3.05) is 10.6 Å². The standard InChI is InChI=1S/C11H14N2O/c1-2-5-10-11(14)13-9-7-4-3-6-8(9)12-10/h3-4,6-7,10,12H,2,5H2,1H3,(H,13,14). The molecule has 1 unspecified atom stereocenters. The summed E-state index contributed by atoms with van der Waals surface area (Å²) in [6, 6.07) is 7.70. The van der Waals surface area contributed by atoms with Crippen LogP contribution in [0.15, 0.2) is 24.3 Å². The summed E-state index contributed by atoms with van der Waals surface area (Å²) in [5.74, 6) is 0.0746. The van der Waals surface area contributed by atoms with Gasteiger partial charge in [-0.2, -0.15) is 0 Å². The zero-order valence-corrected chi connectivity index (χ0v) is 8.21. The second-order valence-electron chi connectivity index (χ2n) is 3.52. The van der Waals surface area contributed by atoms with Crippen molar-refractivity contribution in [2.45, 2.75) is 25.8 Å². The van der Waals surface area contributed by atoms with Crippen LogP contribution in [0.25, 0.3) is 0 Å². The minimum Gasteiger partial charge on any atom is -0.372 e. The first kappa shape index (κ1) is 9.06. The molecule has 14 heavy (non-hydrogen) atoms. The smallest absolute Gasteiger partial charge is 0.246 e. The number of nitrogens with one attached hydrogen (secondary N) is 2. The highest BCUT2D eigenvalue weighted by atomic mass is 16.2. The number of rotatable bonds is 2. The summed E-state index contributed by atoms with van der Waals surface area (Å²) in [5.41, 5.74) is 1.90. The van der Waals surface area contributed by atoms with Crippen LogP contribution >= 0.6 is 0 Å². The van der Waals surface area contributed by atoms with Crippen LogP contribution in [0.1, 0.15) is 19.8 Å². The van der Waals surface area contributed by atoms with Crippen molar-refractivity contribution in [1.29, 1.82) is 0 Å². The molecule has 0 radical (unpaired) electrons. The Labute approximate surface area is 83.5 Å².